The summed E-state index contributed by atoms with van der Waals surface area (Å²) in [6, 6.07) is 0. The molecule has 0 aliphatic heterocycles. The smallest absolute Gasteiger partial charge is 0.236 e. The molecule has 4 nitrogen and oxygen atoms in total. The van der Waals surface area contributed by atoms with Crippen LogP contribution in [0.4, 0.5) is 0 Å². The van der Waals surface area contributed by atoms with Gasteiger partial charge in [-0.3, -0.25) is 4.79 Å². The van der Waals surface area contributed by atoms with Crippen LogP contribution in [0.1, 0.15) is 26.7 Å². The number of hydrogen-bond acceptors (Lipinski definition) is 4. The molecule has 1 saturated carbocycles. The number of allylic oxidation sites excluding steroid dienone is 1. The van der Waals surface area contributed by atoms with Crippen LogP contribution >= 0.6 is 0 Å². The van der Waals surface area contributed by atoms with E-state index in [9.17, 15) is 9.90 Å². The van der Waals surface area contributed by atoms with Gasteiger partial charge in [0, 0.05) is 20.1 Å². The molecule has 0 saturated heterocycles. The summed E-state index contributed by atoms with van der Waals surface area (Å²) in [7, 11) is 3.02. The Morgan fingerprint density at radius 2 is 1.94 bits per heavy atom. The quantitative estimate of drug-likeness (QED) is 0.759. The van der Waals surface area contributed by atoms with Gasteiger partial charge in [-0.05, 0) is 30.3 Å². The summed E-state index contributed by atoms with van der Waals surface area (Å²) in [5.74, 6) is -1.32. The first-order chi connectivity index (χ1) is 8.42. The van der Waals surface area contributed by atoms with E-state index < -0.39 is 5.79 Å². The van der Waals surface area contributed by atoms with Gasteiger partial charge in [-0.2, -0.15) is 0 Å². The molecular formula is C14H22O4. The van der Waals surface area contributed by atoms with Crippen LogP contribution < -0.4 is 0 Å². The predicted octanol–water partition coefficient (Wildman–Crippen LogP) is 1.53. The monoisotopic (exact) mass is 254 g/mol. The Kier molecular flexibility index (Phi) is 3.38. The maximum Gasteiger partial charge on any atom is 0.236 e. The maximum atomic E-state index is 12.2. The van der Waals surface area contributed by atoms with Crippen molar-refractivity contribution in [3.05, 3.63) is 12.2 Å². The van der Waals surface area contributed by atoms with Gasteiger partial charge in [-0.1, -0.05) is 19.9 Å². The lowest BCUT2D eigenvalue weighted by Gasteiger charge is -2.54. The number of hydrogen-bond donors (Lipinski definition) is 1. The van der Waals surface area contributed by atoms with E-state index in [1.807, 2.05) is 13.0 Å². The summed E-state index contributed by atoms with van der Waals surface area (Å²) in [5, 5.41) is 10.1. The van der Waals surface area contributed by atoms with Crippen molar-refractivity contribution in [3.63, 3.8) is 0 Å². The van der Waals surface area contributed by atoms with Gasteiger partial charge >= 0.3 is 0 Å². The topological polar surface area (TPSA) is 55.8 Å². The molecule has 0 bridgehead atoms. The Morgan fingerprint density at radius 3 is 2.50 bits per heavy atom. The molecule has 2 rings (SSSR count). The number of rotatable bonds is 2. The van der Waals surface area contributed by atoms with Crippen molar-refractivity contribution < 1.29 is 19.4 Å². The minimum atomic E-state index is -1.20. The lowest BCUT2D eigenvalue weighted by atomic mass is 9.55. The van der Waals surface area contributed by atoms with Crippen molar-refractivity contribution in [1.82, 2.24) is 0 Å². The van der Waals surface area contributed by atoms with E-state index in [1.165, 1.54) is 20.3 Å². The third kappa shape index (κ3) is 1.59. The van der Waals surface area contributed by atoms with Crippen molar-refractivity contribution in [2.24, 2.45) is 17.3 Å². The van der Waals surface area contributed by atoms with Gasteiger partial charge in [0.25, 0.3) is 0 Å². The largest absolute Gasteiger partial charge is 0.393 e. The third-order valence-corrected chi connectivity index (χ3v) is 5.06. The first-order valence-electron chi connectivity index (χ1n) is 6.44. The van der Waals surface area contributed by atoms with Gasteiger partial charge in [-0.15, -0.1) is 0 Å². The molecule has 102 valence electrons. The molecule has 2 aliphatic rings. The van der Waals surface area contributed by atoms with Gasteiger partial charge in [0.2, 0.25) is 11.6 Å². The normalized spacial score (nSPS) is 42.7. The molecule has 0 heterocycles. The van der Waals surface area contributed by atoms with Gasteiger partial charge in [-0.25, -0.2) is 0 Å². The molecule has 0 aromatic carbocycles. The summed E-state index contributed by atoms with van der Waals surface area (Å²) >= 11 is 0. The molecule has 4 heteroatoms. The zero-order valence-corrected chi connectivity index (χ0v) is 11.5. The van der Waals surface area contributed by atoms with E-state index in [0.29, 0.717) is 6.42 Å². The number of methoxy groups -OCH3 is 2. The van der Waals surface area contributed by atoms with Crippen LogP contribution in [0.5, 0.6) is 0 Å². The highest BCUT2D eigenvalue weighted by Crippen LogP contribution is 2.54. The minimum Gasteiger partial charge on any atom is -0.393 e. The van der Waals surface area contributed by atoms with E-state index >= 15 is 0 Å². The van der Waals surface area contributed by atoms with Gasteiger partial charge in [0.1, 0.15) is 0 Å². The minimum absolute atomic E-state index is 0.0594. The Labute approximate surface area is 108 Å². The molecule has 0 unspecified atom stereocenters. The maximum absolute atomic E-state index is 12.2. The molecule has 0 aromatic rings. The lowest BCUT2D eigenvalue weighted by Crippen LogP contribution is -2.61. The highest BCUT2D eigenvalue weighted by Gasteiger charge is 2.59. The van der Waals surface area contributed by atoms with Gasteiger partial charge in [0.15, 0.2) is 0 Å². The molecule has 0 radical (unpaired) electrons. The van der Waals surface area contributed by atoms with E-state index in [4.69, 9.17) is 9.47 Å². The molecule has 0 spiro atoms. The molecular weight excluding hydrogens is 232 g/mol. The highest BCUT2D eigenvalue weighted by atomic mass is 16.7. The van der Waals surface area contributed by atoms with Crippen molar-refractivity contribution in [1.29, 1.82) is 0 Å². The van der Waals surface area contributed by atoms with E-state index in [0.717, 1.165) is 6.42 Å². The van der Waals surface area contributed by atoms with E-state index in [-0.39, 0.29) is 29.1 Å². The highest BCUT2D eigenvalue weighted by molar-refractivity contribution is 5.97. The van der Waals surface area contributed by atoms with Crippen LogP contribution in [0.2, 0.25) is 0 Å². The lowest BCUT2D eigenvalue weighted by molar-refractivity contribution is -0.257. The number of carbonyl (C=O) groups is 1. The van der Waals surface area contributed by atoms with Gasteiger partial charge in [0.05, 0.1) is 6.10 Å². The number of aliphatic hydroxyl groups excluding tert-OH is 1. The van der Waals surface area contributed by atoms with Crippen LogP contribution in [0.25, 0.3) is 0 Å². The molecule has 4 atom stereocenters. The van der Waals surface area contributed by atoms with Crippen molar-refractivity contribution in [3.8, 4) is 0 Å². The average molecular weight is 254 g/mol. The Morgan fingerprint density at radius 1 is 1.33 bits per heavy atom. The number of carbonyl (C=O) groups excluding carboxylic acids is 1. The summed E-state index contributed by atoms with van der Waals surface area (Å²) in [5.41, 5.74) is -0.280. The fraction of sp³-hybridized carbons (Fsp3) is 0.786. The molecule has 2 aliphatic carbocycles. The summed E-state index contributed by atoms with van der Waals surface area (Å²) < 4.78 is 10.9. The fourth-order valence-electron chi connectivity index (χ4n) is 3.61. The predicted molar refractivity (Wildman–Crippen MR) is 66.9 cm³/mol. The standard InChI is InChI=1S/C14H22O4/c1-9-10(15)5-6-11-13(9,2)8-7-12(16)14(11,17-3)18-4/h7-11,15H,5-6H2,1-4H3/t9-,10-,11-,13+/m1/s1. The van der Waals surface area contributed by atoms with Crippen LogP contribution in [-0.2, 0) is 14.3 Å². The zero-order chi connectivity index (χ0) is 13.6. The van der Waals surface area contributed by atoms with Crippen LogP contribution in [0.15, 0.2) is 12.2 Å². The van der Waals surface area contributed by atoms with Crippen molar-refractivity contribution in [2.75, 3.05) is 14.2 Å². The number of ketones is 1. The Hall–Kier alpha value is -0.710. The van der Waals surface area contributed by atoms with Crippen molar-refractivity contribution >= 4 is 5.78 Å². The van der Waals surface area contributed by atoms with Crippen LogP contribution in [-0.4, -0.2) is 37.0 Å². The first kappa shape index (κ1) is 13.7. The Balaban J connectivity index is 2.50. The molecule has 1 N–H and O–H groups in total. The zero-order valence-electron chi connectivity index (χ0n) is 11.5. The first-order valence-corrected chi connectivity index (χ1v) is 6.44. The molecule has 18 heavy (non-hydrogen) atoms. The second-order valence-corrected chi connectivity index (χ2v) is 5.63. The van der Waals surface area contributed by atoms with Crippen LogP contribution in [0.3, 0.4) is 0 Å². The number of fused-ring (bicyclic) bond motifs is 1. The Bertz CT molecular complexity index is 372. The summed E-state index contributed by atoms with van der Waals surface area (Å²) in [6.07, 6.45) is 4.52. The number of ether oxygens (including phenoxy) is 2. The van der Waals surface area contributed by atoms with Gasteiger partial charge < -0.3 is 14.6 Å². The second kappa shape index (κ2) is 4.44. The van der Waals surface area contributed by atoms with E-state index in [1.54, 1.807) is 0 Å². The fourth-order valence-corrected chi connectivity index (χ4v) is 3.61. The molecule has 0 aromatic heterocycles. The second-order valence-electron chi connectivity index (χ2n) is 5.63. The average Bonchev–Trinajstić information content (AvgIpc) is 2.37. The molecule has 1 fully saturated rings. The number of aliphatic hydroxyl groups is 1. The van der Waals surface area contributed by atoms with Crippen molar-refractivity contribution in [2.45, 2.75) is 38.6 Å². The summed E-state index contributed by atoms with van der Waals surface area (Å²) in [6.45, 7) is 4.09. The molecule has 0 amide bonds. The summed E-state index contributed by atoms with van der Waals surface area (Å²) in [4.78, 5) is 12.2. The van der Waals surface area contributed by atoms with E-state index in [2.05, 4.69) is 6.92 Å². The van der Waals surface area contributed by atoms with Crippen LogP contribution in [0, 0.1) is 17.3 Å². The SMILES string of the molecule is COC1(OC)C(=O)C=C[C@@]2(C)[C@H](C)[C@H](O)CC[C@@H]12. The third-order valence-electron chi connectivity index (χ3n) is 5.06.